The maximum atomic E-state index is 5.75. The molecule has 0 atom stereocenters. The van der Waals surface area contributed by atoms with E-state index < -0.39 is 0 Å². The number of aromatic nitrogens is 2. The van der Waals surface area contributed by atoms with Crippen LogP contribution in [-0.2, 0) is 0 Å². The molecule has 2 N–H and O–H groups in total. The summed E-state index contributed by atoms with van der Waals surface area (Å²) >= 11 is 1.58. The van der Waals surface area contributed by atoms with Gasteiger partial charge < -0.3 is 5.73 Å². The van der Waals surface area contributed by atoms with Crippen LogP contribution in [0.4, 0.5) is 5.69 Å². The zero-order valence-electron chi connectivity index (χ0n) is 11.1. The number of nitrogens with two attached hydrogens (primary N) is 1. The van der Waals surface area contributed by atoms with Gasteiger partial charge in [0.15, 0.2) is 5.16 Å². The second-order valence-electron chi connectivity index (χ2n) is 4.43. The zero-order valence-corrected chi connectivity index (χ0v) is 11.9. The van der Waals surface area contributed by atoms with E-state index in [-0.39, 0.29) is 0 Å². The molecule has 1 aromatic carbocycles. The molecule has 2 aromatic rings. The number of nitrogens with zero attached hydrogens (tertiary/aromatic N) is 2. The number of hydrogen-bond donors (Lipinski definition) is 1. The Hall–Kier alpha value is -1.55. The third-order valence-corrected chi connectivity index (χ3v) is 4.06. The lowest BCUT2D eigenvalue weighted by Crippen LogP contribution is -1.98. The molecule has 4 heteroatoms. The van der Waals surface area contributed by atoms with Gasteiger partial charge in [0.25, 0.3) is 0 Å². The molecule has 1 heterocycles. The third kappa shape index (κ3) is 2.64. The third-order valence-electron chi connectivity index (χ3n) is 3.01. The van der Waals surface area contributed by atoms with E-state index in [9.17, 15) is 0 Å². The molecule has 0 radical (unpaired) electrons. The van der Waals surface area contributed by atoms with Crippen molar-refractivity contribution in [2.45, 2.75) is 37.7 Å². The predicted octanol–water partition coefficient (Wildman–Crippen LogP) is 3.44. The maximum Gasteiger partial charge on any atom is 0.192 e. The Morgan fingerprint density at radius 2 is 1.61 bits per heavy atom. The lowest BCUT2D eigenvalue weighted by molar-refractivity contribution is 0.880. The Balaban J connectivity index is 2.34. The highest BCUT2D eigenvalue weighted by Crippen LogP contribution is 2.29. The average Bonchev–Trinajstić information content (AvgIpc) is 2.29. The van der Waals surface area contributed by atoms with Gasteiger partial charge >= 0.3 is 0 Å². The van der Waals surface area contributed by atoms with Crippen molar-refractivity contribution < 1.29 is 0 Å². The number of hydrogen-bond acceptors (Lipinski definition) is 4. The van der Waals surface area contributed by atoms with Crippen LogP contribution in [-0.4, -0.2) is 9.97 Å². The summed E-state index contributed by atoms with van der Waals surface area (Å²) in [5.74, 6) is 0. The minimum absolute atomic E-state index is 0.786. The normalized spacial score (nSPS) is 10.7. The van der Waals surface area contributed by atoms with Gasteiger partial charge in [-0.25, -0.2) is 9.97 Å². The smallest absolute Gasteiger partial charge is 0.192 e. The van der Waals surface area contributed by atoms with Crippen molar-refractivity contribution in [2.24, 2.45) is 0 Å². The molecule has 94 valence electrons. The summed E-state index contributed by atoms with van der Waals surface area (Å²) in [6.07, 6.45) is 0. The van der Waals surface area contributed by atoms with Crippen molar-refractivity contribution in [1.82, 2.24) is 9.97 Å². The molecule has 0 aliphatic carbocycles. The Kier molecular flexibility index (Phi) is 3.57. The Labute approximate surface area is 112 Å². The van der Waals surface area contributed by atoms with E-state index in [2.05, 4.69) is 9.97 Å². The summed E-state index contributed by atoms with van der Waals surface area (Å²) in [5.41, 5.74) is 10.9. The number of benzene rings is 1. The van der Waals surface area contributed by atoms with Crippen molar-refractivity contribution in [3.05, 3.63) is 40.7 Å². The van der Waals surface area contributed by atoms with E-state index in [1.54, 1.807) is 11.8 Å². The monoisotopic (exact) mass is 259 g/mol. The van der Waals surface area contributed by atoms with Gasteiger partial charge in [-0.05, 0) is 68.8 Å². The van der Waals surface area contributed by atoms with Crippen LogP contribution in [0.5, 0.6) is 0 Å². The summed E-state index contributed by atoms with van der Waals surface area (Å²) < 4.78 is 0. The molecule has 0 unspecified atom stereocenters. The Morgan fingerprint density at radius 1 is 1.00 bits per heavy atom. The zero-order chi connectivity index (χ0) is 13.3. The summed E-state index contributed by atoms with van der Waals surface area (Å²) in [5, 5.41) is 0.795. The second kappa shape index (κ2) is 4.98. The molecular formula is C14H17N3S. The van der Waals surface area contributed by atoms with Crippen LogP contribution in [0.15, 0.2) is 28.3 Å². The van der Waals surface area contributed by atoms with Crippen LogP contribution in [0.1, 0.15) is 22.5 Å². The van der Waals surface area contributed by atoms with Crippen LogP contribution < -0.4 is 5.73 Å². The molecule has 0 saturated carbocycles. The van der Waals surface area contributed by atoms with Crippen molar-refractivity contribution in [3.63, 3.8) is 0 Å². The first kappa shape index (κ1) is 12.9. The van der Waals surface area contributed by atoms with Crippen LogP contribution in [0, 0.1) is 27.7 Å². The van der Waals surface area contributed by atoms with Gasteiger partial charge in [0.2, 0.25) is 0 Å². The molecule has 0 aliphatic rings. The lowest BCUT2D eigenvalue weighted by Gasteiger charge is -2.08. The number of anilines is 1. The molecule has 0 amide bonds. The first-order valence-electron chi connectivity index (χ1n) is 5.83. The van der Waals surface area contributed by atoms with Crippen molar-refractivity contribution >= 4 is 17.4 Å². The maximum absolute atomic E-state index is 5.75. The van der Waals surface area contributed by atoms with E-state index in [0.717, 1.165) is 38.3 Å². The Morgan fingerprint density at radius 3 is 2.17 bits per heavy atom. The molecule has 0 saturated heterocycles. The molecular weight excluding hydrogens is 242 g/mol. The van der Waals surface area contributed by atoms with Crippen molar-refractivity contribution in [2.75, 3.05) is 5.73 Å². The summed E-state index contributed by atoms with van der Waals surface area (Å²) in [6.45, 7) is 8.13. The second-order valence-corrected chi connectivity index (χ2v) is 5.44. The van der Waals surface area contributed by atoms with E-state index >= 15 is 0 Å². The molecule has 2 rings (SSSR count). The van der Waals surface area contributed by atoms with Crippen LogP contribution in [0.2, 0.25) is 0 Å². The number of rotatable bonds is 2. The Bertz CT molecular complexity index is 571. The van der Waals surface area contributed by atoms with Gasteiger partial charge in [-0.2, -0.15) is 0 Å². The van der Waals surface area contributed by atoms with Crippen molar-refractivity contribution in [3.8, 4) is 0 Å². The van der Waals surface area contributed by atoms with E-state index in [4.69, 9.17) is 5.73 Å². The fourth-order valence-electron chi connectivity index (χ4n) is 1.67. The fraction of sp³-hybridized carbons (Fsp3) is 0.286. The van der Waals surface area contributed by atoms with Crippen LogP contribution >= 0.6 is 11.8 Å². The molecule has 0 aliphatic heterocycles. The van der Waals surface area contributed by atoms with Gasteiger partial charge in [-0.1, -0.05) is 0 Å². The highest BCUT2D eigenvalue weighted by atomic mass is 32.2. The molecule has 18 heavy (non-hydrogen) atoms. The standard InChI is InChI=1S/C14H17N3S/c1-8-7-12(15)5-6-13(8)18-14-16-10(3)9(2)11(4)17-14/h5-7H,15H2,1-4H3. The van der Waals surface area contributed by atoms with Gasteiger partial charge in [0, 0.05) is 22.0 Å². The van der Waals surface area contributed by atoms with E-state index in [1.807, 2.05) is 45.9 Å². The largest absolute Gasteiger partial charge is 0.399 e. The highest BCUT2D eigenvalue weighted by Gasteiger charge is 2.08. The molecule has 0 spiro atoms. The van der Waals surface area contributed by atoms with Crippen molar-refractivity contribution in [1.29, 1.82) is 0 Å². The molecule has 0 fully saturated rings. The molecule has 1 aromatic heterocycles. The number of nitrogen functional groups attached to an aromatic ring is 1. The van der Waals surface area contributed by atoms with Crippen LogP contribution in [0.25, 0.3) is 0 Å². The predicted molar refractivity (Wildman–Crippen MR) is 76.0 cm³/mol. The summed E-state index contributed by atoms with van der Waals surface area (Å²) in [4.78, 5) is 10.2. The average molecular weight is 259 g/mol. The topological polar surface area (TPSA) is 51.8 Å². The van der Waals surface area contributed by atoms with Crippen LogP contribution in [0.3, 0.4) is 0 Å². The number of aryl methyl sites for hydroxylation is 3. The minimum Gasteiger partial charge on any atom is -0.399 e. The van der Waals surface area contributed by atoms with Gasteiger partial charge in [0.1, 0.15) is 0 Å². The first-order valence-corrected chi connectivity index (χ1v) is 6.65. The van der Waals surface area contributed by atoms with Gasteiger partial charge in [-0.15, -0.1) is 0 Å². The quantitative estimate of drug-likeness (QED) is 0.663. The SMILES string of the molecule is Cc1cc(N)ccc1Sc1nc(C)c(C)c(C)n1. The fourth-order valence-corrected chi connectivity index (χ4v) is 2.59. The molecule has 3 nitrogen and oxygen atoms in total. The highest BCUT2D eigenvalue weighted by molar-refractivity contribution is 7.99. The van der Waals surface area contributed by atoms with E-state index in [0.29, 0.717) is 0 Å². The molecule has 0 bridgehead atoms. The summed E-state index contributed by atoms with van der Waals surface area (Å²) in [7, 11) is 0. The van der Waals surface area contributed by atoms with E-state index in [1.165, 1.54) is 0 Å². The van der Waals surface area contributed by atoms with Gasteiger partial charge in [0.05, 0.1) is 0 Å². The first-order chi connectivity index (χ1) is 8.47. The lowest BCUT2D eigenvalue weighted by atomic mass is 10.2. The van der Waals surface area contributed by atoms with Gasteiger partial charge in [-0.3, -0.25) is 0 Å². The summed E-state index contributed by atoms with van der Waals surface area (Å²) in [6, 6.07) is 5.89. The minimum atomic E-state index is 0.786.